The van der Waals surface area contributed by atoms with E-state index in [1.165, 1.54) is 0 Å². The number of benzene rings is 1. The molecule has 1 aromatic carbocycles. The van der Waals surface area contributed by atoms with E-state index in [-0.39, 0.29) is 12.1 Å². The zero-order valence-corrected chi connectivity index (χ0v) is 14.2. The molecular formula is C15H21BrN4O. The lowest BCUT2D eigenvalue weighted by Crippen LogP contribution is -2.30. The van der Waals surface area contributed by atoms with Crippen LogP contribution in [0.2, 0.25) is 0 Å². The minimum absolute atomic E-state index is 0.0216. The van der Waals surface area contributed by atoms with Crippen LogP contribution in [0.25, 0.3) is 0 Å². The summed E-state index contributed by atoms with van der Waals surface area (Å²) in [6.07, 6.45) is -0.0929. The lowest BCUT2D eigenvalue weighted by atomic mass is 9.99. The highest BCUT2D eigenvalue weighted by Gasteiger charge is 2.29. The van der Waals surface area contributed by atoms with Gasteiger partial charge in [-0.25, -0.2) is 4.68 Å². The Morgan fingerprint density at radius 2 is 2.00 bits per heavy atom. The number of nitrogens with zero attached hydrogens (tertiary/aromatic N) is 3. The number of halogens is 1. The molecule has 2 atom stereocenters. The zero-order valence-electron chi connectivity index (χ0n) is 12.6. The van der Waals surface area contributed by atoms with E-state index >= 15 is 0 Å². The molecule has 0 radical (unpaired) electrons. The van der Waals surface area contributed by atoms with Crippen LogP contribution >= 0.6 is 15.9 Å². The number of hydrogen-bond acceptors (Lipinski definition) is 4. The van der Waals surface area contributed by atoms with Gasteiger partial charge in [0, 0.05) is 13.7 Å². The maximum atomic E-state index is 6.02. The summed E-state index contributed by atoms with van der Waals surface area (Å²) in [5, 5.41) is 11.7. The normalized spacial score (nSPS) is 14.1. The number of likely N-dealkylation sites (N-methyl/N-ethyl adjacent to an activating group) is 1. The second kappa shape index (κ2) is 7.68. The average Bonchev–Trinajstić information content (AvgIpc) is 2.83. The van der Waals surface area contributed by atoms with Crippen LogP contribution in [-0.2, 0) is 11.8 Å². The lowest BCUT2D eigenvalue weighted by molar-refractivity contribution is 0.0308. The molecule has 0 saturated carbocycles. The molecule has 21 heavy (non-hydrogen) atoms. The molecule has 0 bridgehead atoms. The van der Waals surface area contributed by atoms with E-state index < -0.39 is 0 Å². The van der Waals surface area contributed by atoms with E-state index in [1.54, 1.807) is 4.68 Å². The van der Waals surface area contributed by atoms with Crippen molar-refractivity contribution >= 4 is 15.9 Å². The Kier molecular flexibility index (Phi) is 5.90. The summed E-state index contributed by atoms with van der Waals surface area (Å²) in [6.45, 7) is 5.57. The van der Waals surface area contributed by atoms with Gasteiger partial charge < -0.3 is 10.1 Å². The molecule has 2 aromatic rings. The molecule has 1 aromatic heterocycles. The first-order chi connectivity index (χ1) is 10.2. The third-order valence-corrected chi connectivity index (χ3v) is 3.89. The first-order valence-electron chi connectivity index (χ1n) is 7.14. The summed E-state index contributed by atoms with van der Waals surface area (Å²) in [5.41, 5.74) is 2.12. The van der Waals surface area contributed by atoms with Crippen molar-refractivity contribution in [2.45, 2.75) is 26.0 Å². The average molecular weight is 353 g/mol. The minimum atomic E-state index is -0.0929. The molecular weight excluding hydrogens is 332 g/mol. The van der Waals surface area contributed by atoms with Crippen molar-refractivity contribution in [1.29, 1.82) is 0 Å². The highest BCUT2D eigenvalue weighted by molar-refractivity contribution is 9.10. The third kappa shape index (κ3) is 3.70. The molecule has 6 heteroatoms. The van der Waals surface area contributed by atoms with Crippen molar-refractivity contribution < 1.29 is 4.74 Å². The largest absolute Gasteiger partial charge is 0.372 e. The minimum Gasteiger partial charge on any atom is -0.372 e. The smallest absolute Gasteiger partial charge is 0.153 e. The molecule has 0 saturated heterocycles. The van der Waals surface area contributed by atoms with Crippen LogP contribution in [0.3, 0.4) is 0 Å². The molecule has 0 aliphatic heterocycles. The zero-order chi connectivity index (χ0) is 15.2. The Morgan fingerprint density at radius 3 is 2.52 bits per heavy atom. The Labute approximate surface area is 133 Å². The summed E-state index contributed by atoms with van der Waals surface area (Å²) < 4.78 is 8.56. The van der Waals surface area contributed by atoms with Crippen molar-refractivity contribution in [2.24, 2.45) is 7.05 Å². The van der Waals surface area contributed by atoms with Gasteiger partial charge in [-0.05, 0) is 35.0 Å². The Bertz CT molecular complexity index is 539. The molecule has 0 fully saturated rings. The first-order valence-corrected chi connectivity index (χ1v) is 7.93. The van der Waals surface area contributed by atoms with Crippen LogP contribution in [0.15, 0.2) is 34.9 Å². The highest BCUT2D eigenvalue weighted by atomic mass is 79.9. The number of hydrogen-bond donors (Lipinski definition) is 1. The standard InChI is InChI=1S/C15H21BrN4O/c1-4-17-12(13-15(16)18-19-20(13)3)14(21-5-2)11-9-7-6-8-10-11/h6-10,12,14,17H,4-5H2,1-3H3. The third-order valence-electron chi connectivity index (χ3n) is 3.32. The van der Waals surface area contributed by atoms with E-state index in [1.807, 2.05) is 32.2 Å². The van der Waals surface area contributed by atoms with Gasteiger partial charge in [0.15, 0.2) is 4.60 Å². The molecule has 2 unspecified atom stereocenters. The summed E-state index contributed by atoms with van der Waals surface area (Å²) in [7, 11) is 1.89. The molecule has 5 nitrogen and oxygen atoms in total. The van der Waals surface area contributed by atoms with Crippen LogP contribution in [0, 0.1) is 0 Å². The van der Waals surface area contributed by atoms with Crippen molar-refractivity contribution in [3.05, 3.63) is 46.2 Å². The van der Waals surface area contributed by atoms with Gasteiger partial charge in [-0.2, -0.15) is 0 Å². The van der Waals surface area contributed by atoms with Gasteiger partial charge in [-0.1, -0.05) is 42.5 Å². The van der Waals surface area contributed by atoms with E-state index in [9.17, 15) is 0 Å². The van der Waals surface area contributed by atoms with Gasteiger partial charge in [0.1, 0.15) is 6.10 Å². The summed E-state index contributed by atoms with van der Waals surface area (Å²) in [6, 6.07) is 10.2. The fraction of sp³-hybridized carbons (Fsp3) is 0.467. The second-order valence-corrected chi connectivity index (χ2v) is 5.46. The fourth-order valence-corrected chi connectivity index (χ4v) is 3.02. The van der Waals surface area contributed by atoms with Crippen LogP contribution < -0.4 is 5.32 Å². The van der Waals surface area contributed by atoms with Gasteiger partial charge in [-0.15, -0.1) is 5.10 Å². The SMILES string of the molecule is CCNC(c1c(Br)nnn1C)C(OCC)c1ccccc1. The predicted octanol–water partition coefficient (Wildman–Crippen LogP) is 3.01. The Hall–Kier alpha value is -1.24. The van der Waals surface area contributed by atoms with Crippen LogP contribution in [0.5, 0.6) is 0 Å². The molecule has 1 N–H and O–H groups in total. The fourth-order valence-electron chi connectivity index (χ4n) is 2.44. The molecule has 0 aliphatic carbocycles. The maximum absolute atomic E-state index is 6.02. The molecule has 1 heterocycles. The van der Waals surface area contributed by atoms with Crippen molar-refractivity contribution in [3.8, 4) is 0 Å². The quantitative estimate of drug-likeness (QED) is 0.832. The maximum Gasteiger partial charge on any atom is 0.153 e. The van der Waals surface area contributed by atoms with Crippen LogP contribution in [0.4, 0.5) is 0 Å². The molecule has 114 valence electrons. The van der Waals surface area contributed by atoms with Crippen LogP contribution in [0.1, 0.15) is 37.3 Å². The van der Waals surface area contributed by atoms with E-state index in [0.717, 1.165) is 22.4 Å². The summed E-state index contributed by atoms with van der Waals surface area (Å²) in [5.74, 6) is 0. The Morgan fingerprint density at radius 1 is 1.29 bits per heavy atom. The van der Waals surface area contributed by atoms with E-state index in [2.05, 4.69) is 50.6 Å². The monoisotopic (exact) mass is 352 g/mol. The number of ether oxygens (including phenoxy) is 1. The lowest BCUT2D eigenvalue weighted by Gasteiger charge is -2.28. The number of nitrogens with one attached hydrogen (secondary N) is 1. The van der Waals surface area contributed by atoms with Crippen molar-refractivity contribution in [2.75, 3.05) is 13.2 Å². The first kappa shape index (κ1) is 16.1. The van der Waals surface area contributed by atoms with Crippen molar-refractivity contribution in [3.63, 3.8) is 0 Å². The summed E-state index contributed by atoms with van der Waals surface area (Å²) >= 11 is 3.49. The number of rotatable bonds is 7. The number of aromatic nitrogens is 3. The van der Waals surface area contributed by atoms with Crippen LogP contribution in [-0.4, -0.2) is 28.1 Å². The predicted molar refractivity (Wildman–Crippen MR) is 85.9 cm³/mol. The van der Waals surface area contributed by atoms with Gasteiger partial charge in [0.2, 0.25) is 0 Å². The van der Waals surface area contributed by atoms with E-state index in [4.69, 9.17) is 4.74 Å². The Balaban J connectivity index is 2.42. The molecule has 2 rings (SSSR count). The van der Waals surface area contributed by atoms with Gasteiger partial charge in [-0.3, -0.25) is 0 Å². The summed E-state index contributed by atoms with van der Waals surface area (Å²) in [4.78, 5) is 0. The van der Waals surface area contributed by atoms with Gasteiger partial charge in [0.25, 0.3) is 0 Å². The molecule has 0 amide bonds. The molecule has 0 aliphatic rings. The van der Waals surface area contributed by atoms with Crippen molar-refractivity contribution in [1.82, 2.24) is 20.3 Å². The van der Waals surface area contributed by atoms with E-state index in [0.29, 0.717) is 6.61 Å². The highest BCUT2D eigenvalue weighted by Crippen LogP contribution is 2.34. The second-order valence-electron chi connectivity index (χ2n) is 4.71. The molecule has 0 spiro atoms. The number of aryl methyl sites for hydroxylation is 1. The van der Waals surface area contributed by atoms with Gasteiger partial charge >= 0.3 is 0 Å². The topological polar surface area (TPSA) is 52.0 Å². The van der Waals surface area contributed by atoms with Gasteiger partial charge in [0.05, 0.1) is 11.7 Å².